The number of likely N-dealkylation sites (N-methyl/N-ethyl adjacent to an activating group) is 1. The molecule has 2 aliphatic heterocycles. The number of nitrogens with zero attached hydrogens (tertiary/aromatic N) is 4. The van der Waals surface area contributed by atoms with Gasteiger partial charge in [0.1, 0.15) is 6.07 Å². The molecule has 2 aliphatic rings. The Morgan fingerprint density at radius 2 is 2.20 bits per heavy atom. The third-order valence-corrected chi connectivity index (χ3v) is 5.91. The van der Waals surface area contributed by atoms with Crippen molar-refractivity contribution in [3.63, 3.8) is 0 Å². The average molecular weight is 430 g/mol. The Hall–Kier alpha value is -2.40. The lowest BCUT2D eigenvalue weighted by atomic mass is 10.0. The Labute approximate surface area is 183 Å². The van der Waals surface area contributed by atoms with Gasteiger partial charge < -0.3 is 19.9 Å². The lowest BCUT2D eigenvalue weighted by Crippen LogP contribution is -2.56. The third-order valence-electron chi connectivity index (χ3n) is 5.91. The van der Waals surface area contributed by atoms with Crippen molar-refractivity contribution < 1.29 is 9.53 Å². The predicted octanol–water partition coefficient (Wildman–Crippen LogP) is 2.33. The van der Waals surface area contributed by atoms with Crippen LogP contribution in [0.15, 0.2) is 30.5 Å². The van der Waals surface area contributed by atoms with E-state index in [1.807, 2.05) is 37.1 Å². The van der Waals surface area contributed by atoms with Gasteiger partial charge in [0.05, 0.1) is 23.7 Å². The molecule has 2 fully saturated rings. The fourth-order valence-corrected chi connectivity index (χ4v) is 4.38. The Bertz CT molecular complexity index is 941. The van der Waals surface area contributed by atoms with E-state index in [9.17, 15) is 10.1 Å². The van der Waals surface area contributed by atoms with E-state index in [1.54, 1.807) is 12.3 Å². The van der Waals surface area contributed by atoms with Gasteiger partial charge in [-0.2, -0.15) is 5.26 Å². The van der Waals surface area contributed by atoms with Gasteiger partial charge in [0.2, 0.25) is 0 Å². The molecule has 3 atom stereocenters. The number of anilines is 1. The summed E-state index contributed by atoms with van der Waals surface area (Å²) >= 11 is 0. The van der Waals surface area contributed by atoms with Gasteiger partial charge in [-0.15, -0.1) is 12.4 Å². The summed E-state index contributed by atoms with van der Waals surface area (Å²) in [6.07, 6.45) is 3.23. The van der Waals surface area contributed by atoms with Crippen LogP contribution in [0.2, 0.25) is 0 Å². The van der Waals surface area contributed by atoms with E-state index in [2.05, 4.69) is 21.3 Å². The van der Waals surface area contributed by atoms with Gasteiger partial charge in [0.15, 0.2) is 6.10 Å². The third kappa shape index (κ3) is 4.36. The number of carbonyl (C=O) groups is 1. The Morgan fingerprint density at radius 1 is 1.37 bits per heavy atom. The number of piperidine rings is 1. The van der Waals surface area contributed by atoms with Crippen molar-refractivity contribution in [2.45, 2.75) is 38.0 Å². The molecule has 1 aromatic heterocycles. The average Bonchev–Trinajstić information content (AvgIpc) is 2.77. The van der Waals surface area contributed by atoms with E-state index in [0.717, 1.165) is 37.0 Å². The van der Waals surface area contributed by atoms with E-state index in [-0.39, 0.29) is 30.5 Å². The molecule has 0 unspecified atom stereocenters. The highest BCUT2D eigenvalue weighted by Gasteiger charge is 2.35. The second-order valence-electron chi connectivity index (χ2n) is 7.93. The van der Waals surface area contributed by atoms with Crippen LogP contribution in [0.3, 0.4) is 0 Å². The Kier molecular flexibility index (Phi) is 7.14. The zero-order chi connectivity index (χ0) is 20.4. The smallest absolute Gasteiger partial charge is 0.253 e. The van der Waals surface area contributed by atoms with Crippen LogP contribution in [0.5, 0.6) is 0 Å². The molecule has 0 radical (unpaired) electrons. The fourth-order valence-electron chi connectivity index (χ4n) is 4.38. The summed E-state index contributed by atoms with van der Waals surface area (Å²) in [6.45, 7) is 5.03. The van der Waals surface area contributed by atoms with Gasteiger partial charge in [0, 0.05) is 43.4 Å². The van der Waals surface area contributed by atoms with E-state index in [0.29, 0.717) is 24.2 Å². The maximum atomic E-state index is 13.2. The number of halogens is 1. The monoisotopic (exact) mass is 429 g/mol. The summed E-state index contributed by atoms with van der Waals surface area (Å²) in [7, 11) is 1.88. The van der Waals surface area contributed by atoms with Crippen LogP contribution in [0.1, 0.15) is 25.3 Å². The van der Waals surface area contributed by atoms with Crippen molar-refractivity contribution in [2.24, 2.45) is 0 Å². The summed E-state index contributed by atoms with van der Waals surface area (Å²) in [5.74, 6) is 0.0336. The topological polar surface area (TPSA) is 81.5 Å². The SMILES string of the molecule is C[C@@H]1CN(c2ccc(C#N)c3ncccc23)C[C@H](C(=O)N(C)[C@H]2CCCNC2)O1.Cl. The molecule has 1 N–H and O–H groups in total. The minimum atomic E-state index is -0.506. The van der Waals surface area contributed by atoms with Gasteiger partial charge in [-0.3, -0.25) is 9.78 Å². The van der Waals surface area contributed by atoms with Gasteiger partial charge in [-0.1, -0.05) is 0 Å². The molecule has 30 heavy (non-hydrogen) atoms. The standard InChI is InChI=1S/C22H27N5O2.ClH/c1-15-13-27(19-8-7-16(11-23)21-18(19)6-4-10-25-21)14-20(29-15)22(28)26(2)17-5-3-9-24-12-17;/h4,6-8,10,15,17,20,24H,3,5,9,12-14H2,1-2H3;1H/t15-,17+,20-;/m1./s1. The molecule has 0 aliphatic carbocycles. The Balaban J connectivity index is 0.00000256. The largest absolute Gasteiger partial charge is 0.365 e. The number of nitrogens with one attached hydrogen (secondary N) is 1. The lowest BCUT2D eigenvalue weighted by Gasteiger charge is -2.41. The highest BCUT2D eigenvalue weighted by Crippen LogP contribution is 2.30. The van der Waals surface area contributed by atoms with Crippen LogP contribution in [0.25, 0.3) is 10.9 Å². The van der Waals surface area contributed by atoms with Crippen LogP contribution in [0, 0.1) is 11.3 Å². The van der Waals surface area contributed by atoms with E-state index in [4.69, 9.17) is 4.74 Å². The minimum Gasteiger partial charge on any atom is -0.365 e. The number of amides is 1. The van der Waals surface area contributed by atoms with E-state index < -0.39 is 6.10 Å². The molecule has 1 aromatic carbocycles. The molecular weight excluding hydrogens is 402 g/mol. The van der Waals surface area contributed by atoms with Crippen molar-refractivity contribution in [1.82, 2.24) is 15.2 Å². The number of carbonyl (C=O) groups excluding carboxylic acids is 1. The fraction of sp³-hybridized carbons (Fsp3) is 0.500. The van der Waals surface area contributed by atoms with Crippen molar-refractivity contribution in [2.75, 3.05) is 38.1 Å². The predicted molar refractivity (Wildman–Crippen MR) is 119 cm³/mol. The number of morpholine rings is 1. The zero-order valence-corrected chi connectivity index (χ0v) is 18.2. The van der Waals surface area contributed by atoms with Crippen molar-refractivity contribution in [3.05, 3.63) is 36.0 Å². The first kappa shape index (κ1) is 22.3. The van der Waals surface area contributed by atoms with Gasteiger partial charge in [-0.05, 0) is 50.6 Å². The number of fused-ring (bicyclic) bond motifs is 1. The maximum absolute atomic E-state index is 13.2. The highest BCUT2D eigenvalue weighted by atomic mass is 35.5. The first-order valence-electron chi connectivity index (χ1n) is 10.2. The molecule has 8 heteroatoms. The van der Waals surface area contributed by atoms with Crippen molar-refractivity contribution in [1.29, 1.82) is 5.26 Å². The molecule has 1 amide bonds. The van der Waals surface area contributed by atoms with Crippen LogP contribution < -0.4 is 10.2 Å². The molecular formula is C22H28ClN5O2. The molecule has 2 saturated heterocycles. The van der Waals surface area contributed by atoms with E-state index in [1.165, 1.54) is 0 Å². The van der Waals surface area contributed by atoms with E-state index >= 15 is 0 Å². The molecule has 2 aromatic rings. The summed E-state index contributed by atoms with van der Waals surface area (Å²) in [5.41, 5.74) is 2.24. The minimum absolute atomic E-state index is 0. The summed E-state index contributed by atoms with van der Waals surface area (Å²) in [5, 5.41) is 13.7. The molecule has 7 nitrogen and oxygen atoms in total. The zero-order valence-electron chi connectivity index (χ0n) is 17.4. The van der Waals surface area contributed by atoms with Gasteiger partial charge in [0.25, 0.3) is 5.91 Å². The lowest BCUT2D eigenvalue weighted by molar-refractivity contribution is -0.149. The second-order valence-corrected chi connectivity index (χ2v) is 7.93. The van der Waals surface area contributed by atoms with Crippen molar-refractivity contribution in [3.8, 4) is 6.07 Å². The summed E-state index contributed by atoms with van der Waals surface area (Å²) in [6, 6.07) is 10.1. The molecule has 160 valence electrons. The molecule has 0 spiro atoms. The first-order chi connectivity index (χ1) is 14.1. The van der Waals surface area contributed by atoms with Gasteiger partial charge in [-0.25, -0.2) is 0 Å². The van der Waals surface area contributed by atoms with Crippen LogP contribution >= 0.6 is 12.4 Å². The second kappa shape index (κ2) is 9.61. The van der Waals surface area contributed by atoms with Crippen LogP contribution in [0.4, 0.5) is 5.69 Å². The molecule has 0 bridgehead atoms. The molecule has 0 saturated carbocycles. The number of hydrogen-bond donors (Lipinski definition) is 1. The van der Waals surface area contributed by atoms with Crippen LogP contribution in [-0.2, 0) is 9.53 Å². The normalized spacial score (nSPS) is 24.0. The molecule has 3 heterocycles. The number of benzene rings is 1. The number of rotatable bonds is 3. The number of nitriles is 1. The van der Waals surface area contributed by atoms with Crippen molar-refractivity contribution >= 4 is 34.9 Å². The van der Waals surface area contributed by atoms with Gasteiger partial charge >= 0.3 is 0 Å². The molecule has 4 rings (SSSR count). The number of aromatic nitrogens is 1. The quantitative estimate of drug-likeness (QED) is 0.806. The summed E-state index contributed by atoms with van der Waals surface area (Å²) < 4.78 is 6.05. The maximum Gasteiger partial charge on any atom is 0.253 e. The number of ether oxygens (including phenoxy) is 1. The highest BCUT2D eigenvalue weighted by molar-refractivity contribution is 5.95. The first-order valence-corrected chi connectivity index (χ1v) is 10.2. The summed E-state index contributed by atoms with van der Waals surface area (Å²) in [4.78, 5) is 21.6. The van der Waals surface area contributed by atoms with Crippen LogP contribution in [-0.4, -0.2) is 67.3 Å². The number of pyridine rings is 1. The Morgan fingerprint density at radius 3 is 2.93 bits per heavy atom. The number of hydrogen-bond acceptors (Lipinski definition) is 6.